The van der Waals surface area contributed by atoms with Gasteiger partial charge in [0.05, 0.1) is 0 Å². The lowest BCUT2D eigenvalue weighted by Crippen LogP contribution is -2.51. The molecule has 0 radical (unpaired) electrons. The molecule has 0 fully saturated rings. The Kier molecular flexibility index (Phi) is 11.5. The molecule has 0 aliphatic carbocycles. The van der Waals surface area contributed by atoms with Crippen LogP contribution in [0.15, 0.2) is 4.99 Å². The Balaban J connectivity index is 4.62. The maximum atomic E-state index is 5.98. The van der Waals surface area contributed by atoms with Gasteiger partial charge in [-0.25, -0.2) is 0 Å². The molecule has 0 heterocycles. The molecule has 0 aromatic carbocycles. The first kappa shape index (κ1) is 21.0. The molecule has 21 heavy (non-hydrogen) atoms. The molecule has 1 unspecified atom stereocenters. The molecule has 4 nitrogen and oxygen atoms in total. The summed E-state index contributed by atoms with van der Waals surface area (Å²) >= 11 is 0. The van der Waals surface area contributed by atoms with Gasteiger partial charge in [-0.15, -0.1) is 0 Å². The molecule has 1 atom stereocenters. The first-order chi connectivity index (χ1) is 9.91. The Morgan fingerprint density at radius 2 is 1.52 bits per heavy atom. The molecule has 0 aromatic heterocycles. The highest BCUT2D eigenvalue weighted by molar-refractivity contribution is 6.69. The van der Waals surface area contributed by atoms with E-state index in [9.17, 15) is 0 Å². The second kappa shape index (κ2) is 11.5. The zero-order chi connectivity index (χ0) is 16.3. The minimum absolute atomic E-state index is 0.410. The first-order valence-electron chi connectivity index (χ1n) is 8.33. The summed E-state index contributed by atoms with van der Waals surface area (Å²) in [6.45, 7) is 15.4. The maximum absolute atomic E-state index is 5.98. The maximum Gasteiger partial charge on any atom is 0.500 e. The van der Waals surface area contributed by atoms with Crippen molar-refractivity contribution in [1.29, 1.82) is 0 Å². The SMILES string of the molecule is CCO[Si](OCC)(OCC)C([SiH3])CCN=C(C)CC(C)C. The van der Waals surface area contributed by atoms with Gasteiger partial charge in [0.15, 0.2) is 0 Å². The summed E-state index contributed by atoms with van der Waals surface area (Å²) < 4.78 is 17.9. The number of aliphatic imine (C=N–C) groups is 1. The summed E-state index contributed by atoms with van der Waals surface area (Å²) in [4.78, 5) is 4.69. The van der Waals surface area contributed by atoms with E-state index in [1.54, 1.807) is 0 Å². The van der Waals surface area contributed by atoms with Crippen molar-refractivity contribution in [2.75, 3.05) is 26.4 Å². The van der Waals surface area contributed by atoms with E-state index >= 15 is 0 Å². The van der Waals surface area contributed by atoms with E-state index in [4.69, 9.17) is 18.3 Å². The van der Waals surface area contributed by atoms with Gasteiger partial charge in [0, 0.05) is 47.5 Å². The van der Waals surface area contributed by atoms with Crippen molar-refractivity contribution in [3.05, 3.63) is 0 Å². The number of hydrogen-bond acceptors (Lipinski definition) is 4. The smallest absolute Gasteiger partial charge is 0.374 e. The summed E-state index contributed by atoms with van der Waals surface area (Å²) in [5.74, 6) is 0.671. The van der Waals surface area contributed by atoms with Crippen LogP contribution in [-0.2, 0) is 13.3 Å². The second-order valence-corrected chi connectivity index (χ2v) is 11.4. The fourth-order valence-electron chi connectivity index (χ4n) is 2.44. The molecule has 0 rings (SSSR count). The molecular formula is C15H35NO3Si2. The van der Waals surface area contributed by atoms with Crippen LogP contribution < -0.4 is 0 Å². The number of rotatable bonds is 12. The van der Waals surface area contributed by atoms with Crippen molar-refractivity contribution in [3.63, 3.8) is 0 Å². The monoisotopic (exact) mass is 333 g/mol. The Morgan fingerprint density at radius 1 is 1.05 bits per heavy atom. The van der Waals surface area contributed by atoms with Gasteiger partial charge in [0.2, 0.25) is 0 Å². The van der Waals surface area contributed by atoms with Gasteiger partial charge < -0.3 is 13.3 Å². The molecule has 0 aliphatic heterocycles. The predicted octanol–water partition coefficient (Wildman–Crippen LogP) is 2.63. The molecule has 6 heteroatoms. The molecule has 0 N–H and O–H groups in total. The molecule has 0 bridgehead atoms. The summed E-state index contributed by atoms with van der Waals surface area (Å²) in [6, 6.07) is 0. The minimum atomic E-state index is -2.51. The highest BCUT2D eigenvalue weighted by Crippen LogP contribution is 2.26. The van der Waals surface area contributed by atoms with Crippen molar-refractivity contribution in [2.45, 2.75) is 59.5 Å². The van der Waals surface area contributed by atoms with Crippen LogP contribution in [0.4, 0.5) is 0 Å². The molecule has 0 amide bonds. The van der Waals surface area contributed by atoms with Crippen molar-refractivity contribution in [3.8, 4) is 0 Å². The van der Waals surface area contributed by atoms with Crippen LogP contribution in [0.5, 0.6) is 0 Å². The van der Waals surface area contributed by atoms with E-state index in [1.165, 1.54) is 5.71 Å². The Morgan fingerprint density at radius 3 is 1.90 bits per heavy atom. The third-order valence-corrected chi connectivity index (χ3v) is 9.56. The Bertz CT molecular complexity index is 282. The van der Waals surface area contributed by atoms with Gasteiger partial charge in [0.1, 0.15) is 0 Å². The fourth-order valence-corrected chi connectivity index (χ4v) is 6.99. The van der Waals surface area contributed by atoms with Gasteiger partial charge in [-0.3, -0.25) is 4.99 Å². The summed E-state index contributed by atoms with van der Waals surface area (Å²) in [7, 11) is -1.50. The van der Waals surface area contributed by atoms with Crippen LogP contribution in [0.1, 0.15) is 54.4 Å². The van der Waals surface area contributed by atoms with Crippen LogP contribution in [0, 0.1) is 5.92 Å². The lowest BCUT2D eigenvalue weighted by molar-refractivity contribution is 0.0675. The van der Waals surface area contributed by atoms with E-state index in [1.807, 2.05) is 20.8 Å². The van der Waals surface area contributed by atoms with Crippen molar-refractivity contribution in [2.24, 2.45) is 10.9 Å². The van der Waals surface area contributed by atoms with Crippen LogP contribution in [0.2, 0.25) is 5.16 Å². The lowest BCUT2D eigenvalue weighted by Gasteiger charge is -2.33. The van der Waals surface area contributed by atoms with Crippen molar-refractivity contribution >= 4 is 24.8 Å². The average molecular weight is 334 g/mol. The fraction of sp³-hybridized carbons (Fsp3) is 0.933. The minimum Gasteiger partial charge on any atom is -0.374 e. The number of hydrogen-bond donors (Lipinski definition) is 0. The predicted molar refractivity (Wildman–Crippen MR) is 96.4 cm³/mol. The average Bonchev–Trinajstić information content (AvgIpc) is 2.38. The van der Waals surface area contributed by atoms with E-state index < -0.39 is 8.80 Å². The standard InChI is InChI=1S/C15H35NO3Si2/c1-7-17-21(18-8-2,19-9-3)15(20)10-11-16-14(6)12-13(4)5/h13,15H,7-12H2,1-6,20H3. The van der Waals surface area contributed by atoms with Crippen LogP contribution in [-0.4, -0.2) is 51.1 Å². The van der Waals surface area contributed by atoms with Gasteiger partial charge in [-0.05, 0) is 46.5 Å². The topological polar surface area (TPSA) is 40.0 Å². The summed E-state index contributed by atoms with van der Waals surface area (Å²) in [5.41, 5.74) is 1.25. The molecule has 0 aromatic rings. The van der Waals surface area contributed by atoms with Gasteiger partial charge in [-0.1, -0.05) is 13.8 Å². The second-order valence-electron chi connectivity index (χ2n) is 5.81. The van der Waals surface area contributed by atoms with Gasteiger partial charge in [-0.2, -0.15) is 0 Å². The van der Waals surface area contributed by atoms with Crippen LogP contribution in [0.3, 0.4) is 0 Å². The first-order valence-corrected chi connectivity index (χ1v) is 11.3. The highest BCUT2D eigenvalue weighted by Gasteiger charge is 2.46. The zero-order valence-corrected chi connectivity index (χ0v) is 18.1. The van der Waals surface area contributed by atoms with Crippen LogP contribution >= 0.6 is 0 Å². The summed E-state index contributed by atoms with van der Waals surface area (Å²) in [6.07, 6.45) is 2.09. The van der Waals surface area contributed by atoms with Gasteiger partial charge >= 0.3 is 8.80 Å². The molecular weight excluding hydrogens is 298 g/mol. The van der Waals surface area contributed by atoms with E-state index in [0.29, 0.717) is 30.9 Å². The van der Waals surface area contributed by atoms with Crippen LogP contribution in [0.25, 0.3) is 0 Å². The van der Waals surface area contributed by atoms with Crippen molar-refractivity contribution in [1.82, 2.24) is 0 Å². The lowest BCUT2D eigenvalue weighted by atomic mass is 10.1. The van der Waals surface area contributed by atoms with E-state index in [0.717, 1.165) is 29.6 Å². The third-order valence-electron chi connectivity index (χ3n) is 3.29. The summed E-state index contributed by atoms with van der Waals surface area (Å²) in [5, 5.41) is 0.410. The third kappa shape index (κ3) is 8.25. The van der Waals surface area contributed by atoms with Crippen molar-refractivity contribution < 1.29 is 13.3 Å². The normalized spacial score (nSPS) is 14.9. The highest BCUT2D eigenvalue weighted by atomic mass is 28.4. The molecule has 0 aliphatic rings. The molecule has 0 saturated carbocycles. The molecule has 126 valence electrons. The molecule has 0 spiro atoms. The Labute approximate surface area is 135 Å². The molecule has 0 saturated heterocycles. The zero-order valence-electron chi connectivity index (χ0n) is 15.1. The van der Waals surface area contributed by atoms with E-state index in [2.05, 4.69) is 20.8 Å². The number of nitrogens with zero attached hydrogens (tertiary/aromatic N) is 1. The van der Waals surface area contributed by atoms with E-state index in [-0.39, 0.29) is 0 Å². The largest absolute Gasteiger partial charge is 0.500 e. The Hall–Kier alpha value is -0.0162. The quantitative estimate of drug-likeness (QED) is 0.407. The van der Waals surface area contributed by atoms with Gasteiger partial charge in [0.25, 0.3) is 0 Å².